The van der Waals surface area contributed by atoms with Crippen molar-refractivity contribution in [3.63, 3.8) is 0 Å². The molecule has 1 N–H and O–H groups in total. The molecule has 1 aliphatic rings. The molecular formula is C15H10N2O5S. The van der Waals surface area contributed by atoms with Crippen molar-refractivity contribution in [2.24, 2.45) is 0 Å². The van der Waals surface area contributed by atoms with E-state index in [1.165, 1.54) is 11.3 Å². The first-order valence-corrected chi connectivity index (χ1v) is 7.62. The van der Waals surface area contributed by atoms with E-state index in [1.54, 1.807) is 29.6 Å². The molecule has 116 valence electrons. The zero-order chi connectivity index (χ0) is 15.8. The molecule has 23 heavy (non-hydrogen) atoms. The largest absolute Gasteiger partial charge is 0.454 e. The van der Waals surface area contributed by atoms with Crippen LogP contribution < -0.4 is 15.0 Å². The molecule has 1 aliphatic heterocycles. The van der Waals surface area contributed by atoms with Gasteiger partial charge in [0.05, 0.1) is 11.1 Å². The van der Waals surface area contributed by atoms with Gasteiger partial charge in [-0.2, -0.15) is 0 Å². The highest BCUT2D eigenvalue weighted by molar-refractivity contribution is 7.17. The van der Waals surface area contributed by atoms with Crippen molar-refractivity contribution in [2.75, 3.05) is 6.79 Å². The summed E-state index contributed by atoms with van der Waals surface area (Å²) in [5, 5.41) is 1.79. The first kappa shape index (κ1) is 13.8. The first-order chi connectivity index (χ1) is 11.2. The number of nitrogens with zero attached hydrogens (tertiary/aromatic N) is 1. The Morgan fingerprint density at radius 2 is 2.17 bits per heavy atom. The van der Waals surface area contributed by atoms with Crippen molar-refractivity contribution in [3.8, 4) is 11.5 Å². The summed E-state index contributed by atoms with van der Waals surface area (Å²) in [5.41, 5.74) is 0.695. The van der Waals surface area contributed by atoms with Gasteiger partial charge in [-0.05, 0) is 29.6 Å². The number of hydrogen-bond acceptors (Lipinski definition) is 7. The van der Waals surface area contributed by atoms with E-state index in [-0.39, 0.29) is 19.0 Å². The summed E-state index contributed by atoms with van der Waals surface area (Å²) >= 11 is 1.32. The third-order valence-electron chi connectivity index (χ3n) is 3.31. The van der Waals surface area contributed by atoms with Gasteiger partial charge in [0, 0.05) is 0 Å². The quantitative estimate of drug-likeness (QED) is 0.739. The van der Waals surface area contributed by atoms with E-state index in [0.29, 0.717) is 33.1 Å². The topological polar surface area (TPSA) is 90.5 Å². The van der Waals surface area contributed by atoms with Crippen molar-refractivity contribution in [1.29, 1.82) is 0 Å². The van der Waals surface area contributed by atoms with Crippen molar-refractivity contribution in [3.05, 3.63) is 51.4 Å². The molecule has 4 rings (SSSR count). The molecule has 0 fully saturated rings. The second-order valence-electron chi connectivity index (χ2n) is 4.79. The van der Waals surface area contributed by atoms with E-state index in [1.807, 2.05) is 0 Å². The number of carbonyl (C=O) groups is 1. The molecule has 7 nitrogen and oxygen atoms in total. The third-order valence-corrected chi connectivity index (χ3v) is 4.21. The predicted molar refractivity (Wildman–Crippen MR) is 81.9 cm³/mol. The first-order valence-electron chi connectivity index (χ1n) is 6.74. The average molecular weight is 330 g/mol. The highest BCUT2D eigenvalue weighted by Gasteiger charge is 2.17. The number of carbonyl (C=O) groups excluding carboxylic acids is 1. The summed E-state index contributed by atoms with van der Waals surface area (Å²) in [6.45, 7) is 0.0218. The molecule has 2 aromatic heterocycles. The van der Waals surface area contributed by atoms with E-state index in [9.17, 15) is 9.59 Å². The number of benzene rings is 1. The number of aromatic amines is 1. The van der Waals surface area contributed by atoms with E-state index in [2.05, 4.69) is 9.97 Å². The number of H-pyrrole nitrogens is 1. The molecule has 0 saturated carbocycles. The second-order valence-corrected chi connectivity index (χ2v) is 5.71. The summed E-state index contributed by atoms with van der Waals surface area (Å²) < 4.78 is 16.1. The van der Waals surface area contributed by atoms with Crippen molar-refractivity contribution in [1.82, 2.24) is 9.97 Å². The van der Waals surface area contributed by atoms with Gasteiger partial charge in [0.25, 0.3) is 5.56 Å². The van der Waals surface area contributed by atoms with Crippen LogP contribution in [-0.4, -0.2) is 22.7 Å². The van der Waals surface area contributed by atoms with Crippen LogP contribution in [0.3, 0.4) is 0 Å². The Hall–Kier alpha value is -2.87. The van der Waals surface area contributed by atoms with Crippen LogP contribution in [0.5, 0.6) is 11.5 Å². The molecule has 8 heteroatoms. The van der Waals surface area contributed by atoms with Gasteiger partial charge >= 0.3 is 5.97 Å². The molecule has 1 aromatic carbocycles. The minimum Gasteiger partial charge on any atom is -0.454 e. The Labute approximate surface area is 133 Å². The molecular weight excluding hydrogens is 320 g/mol. The molecule has 0 bridgehead atoms. The van der Waals surface area contributed by atoms with Crippen LogP contribution in [0, 0.1) is 0 Å². The van der Waals surface area contributed by atoms with Crippen molar-refractivity contribution >= 4 is 27.5 Å². The fraction of sp³-hybridized carbons (Fsp3) is 0.133. The maximum Gasteiger partial charge on any atom is 0.338 e. The molecule has 0 amide bonds. The molecule has 0 unspecified atom stereocenters. The third kappa shape index (κ3) is 2.53. The Kier molecular flexibility index (Phi) is 3.23. The van der Waals surface area contributed by atoms with Gasteiger partial charge in [0.1, 0.15) is 17.1 Å². The van der Waals surface area contributed by atoms with Crippen LogP contribution in [0.25, 0.3) is 10.2 Å². The number of hydrogen-bond donors (Lipinski definition) is 1. The van der Waals surface area contributed by atoms with E-state index >= 15 is 0 Å². The van der Waals surface area contributed by atoms with Crippen LogP contribution in [0.15, 0.2) is 34.4 Å². The fourth-order valence-corrected chi connectivity index (χ4v) is 2.96. The number of ether oxygens (including phenoxy) is 3. The monoisotopic (exact) mass is 330 g/mol. The molecule has 0 aliphatic carbocycles. The Morgan fingerprint density at radius 3 is 3.09 bits per heavy atom. The smallest absolute Gasteiger partial charge is 0.338 e. The molecule has 0 radical (unpaired) electrons. The van der Waals surface area contributed by atoms with Crippen LogP contribution in [-0.2, 0) is 11.3 Å². The van der Waals surface area contributed by atoms with Crippen molar-refractivity contribution < 1.29 is 19.0 Å². The number of nitrogens with one attached hydrogen (secondary N) is 1. The van der Waals surface area contributed by atoms with Crippen molar-refractivity contribution in [2.45, 2.75) is 6.61 Å². The minimum absolute atomic E-state index is 0.117. The summed E-state index contributed by atoms with van der Waals surface area (Å²) in [7, 11) is 0. The van der Waals surface area contributed by atoms with Gasteiger partial charge in [-0.15, -0.1) is 11.3 Å². The van der Waals surface area contributed by atoms with Gasteiger partial charge in [-0.1, -0.05) is 0 Å². The lowest BCUT2D eigenvalue weighted by atomic mass is 10.2. The second kappa shape index (κ2) is 5.40. The normalized spacial score (nSPS) is 12.5. The Bertz CT molecular complexity index is 962. The minimum atomic E-state index is -0.531. The molecule has 0 spiro atoms. The summed E-state index contributed by atoms with van der Waals surface area (Å²) in [5.74, 6) is 0.868. The SMILES string of the molecule is O=C(OCc1nc2ccsc2c(=O)[nH]1)c1ccc2c(c1)OCO2. The predicted octanol–water partition coefficient (Wildman–Crippen LogP) is 2.07. The van der Waals surface area contributed by atoms with E-state index in [4.69, 9.17) is 14.2 Å². The fourth-order valence-electron chi connectivity index (χ4n) is 2.23. The van der Waals surface area contributed by atoms with Gasteiger partial charge in [0.15, 0.2) is 11.5 Å². The van der Waals surface area contributed by atoms with Gasteiger partial charge in [-0.3, -0.25) is 4.79 Å². The average Bonchev–Trinajstić information content (AvgIpc) is 3.20. The number of aromatic nitrogens is 2. The van der Waals surface area contributed by atoms with Crippen LogP contribution in [0.4, 0.5) is 0 Å². The zero-order valence-electron chi connectivity index (χ0n) is 11.7. The summed E-state index contributed by atoms with van der Waals surface area (Å²) in [6.07, 6.45) is 0. The van der Waals surface area contributed by atoms with Crippen LogP contribution >= 0.6 is 11.3 Å². The lowest BCUT2D eigenvalue weighted by molar-refractivity contribution is 0.0462. The van der Waals surface area contributed by atoms with Crippen LogP contribution in [0.1, 0.15) is 16.2 Å². The number of thiophene rings is 1. The van der Waals surface area contributed by atoms with Gasteiger partial charge in [-0.25, -0.2) is 9.78 Å². The number of rotatable bonds is 3. The zero-order valence-corrected chi connectivity index (χ0v) is 12.5. The summed E-state index contributed by atoms with van der Waals surface area (Å²) in [4.78, 5) is 30.8. The van der Waals surface area contributed by atoms with Gasteiger partial charge in [0.2, 0.25) is 6.79 Å². The number of fused-ring (bicyclic) bond motifs is 2. The maximum atomic E-state index is 12.1. The molecule has 3 heterocycles. The highest BCUT2D eigenvalue weighted by atomic mass is 32.1. The van der Waals surface area contributed by atoms with E-state index < -0.39 is 5.97 Å². The molecule has 0 saturated heterocycles. The highest BCUT2D eigenvalue weighted by Crippen LogP contribution is 2.32. The Morgan fingerprint density at radius 1 is 1.30 bits per heavy atom. The Balaban J connectivity index is 1.51. The maximum absolute atomic E-state index is 12.1. The number of esters is 1. The lowest BCUT2D eigenvalue weighted by Gasteiger charge is -2.05. The standard InChI is InChI=1S/C15H10N2O5S/c18-14-13-9(3-4-23-13)16-12(17-14)6-20-15(19)8-1-2-10-11(5-8)22-7-21-10/h1-5H,6-7H2,(H,16,17,18). The molecule has 0 atom stereocenters. The van der Waals surface area contributed by atoms with E-state index in [0.717, 1.165) is 0 Å². The van der Waals surface area contributed by atoms with Crippen LogP contribution in [0.2, 0.25) is 0 Å². The molecule has 3 aromatic rings. The van der Waals surface area contributed by atoms with Gasteiger partial charge < -0.3 is 19.2 Å². The summed E-state index contributed by atoms with van der Waals surface area (Å²) in [6, 6.07) is 6.55. The lowest BCUT2D eigenvalue weighted by Crippen LogP contribution is -2.13.